The Bertz CT molecular complexity index is 447. The van der Waals surface area contributed by atoms with E-state index in [1.165, 1.54) is 5.56 Å². The molecule has 0 aromatic heterocycles. The highest BCUT2D eigenvalue weighted by Gasteiger charge is 2.27. The lowest BCUT2D eigenvalue weighted by Gasteiger charge is -2.20. The van der Waals surface area contributed by atoms with Crippen molar-refractivity contribution in [1.29, 1.82) is 0 Å². The van der Waals surface area contributed by atoms with Gasteiger partial charge in [0.1, 0.15) is 5.75 Å². The van der Waals surface area contributed by atoms with Crippen molar-refractivity contribution < 1.29 is 14.6 Å². The zero-order valence-corrected chi connectivity index (χ0v) is 12.5. The van der Waals surface area contributed by atoms with Crippen molar-refractivity contribution in [2.45, 2.75) is 46.5 Å². The van der Waals surface area contributed by atoms with Gasteiger partial charge in [-0.15, -0.1) is 0 Å². The highest BCUT2D eigenvalue weighted by Crippen LogP contribution is 2.29. The molecular weight excluding hydrogens is 240 g/mol. The first-order valence-corrected chi connectivity index (χ1v) is 6.68. The molecule has 0 atom stereocenters. The van der Waals surface area contributed by atoms with Crippen molar-refractivity contribution in [2.75, 3.05) is 7.11 Å². The van der Waals surface area contributed by atoms with Crippen molar-refractivity contribution in [3.8, 4) is 5.75 Å². The molecule has 0 aliphatic heterocycles. The van der Waals surface area contributed by atoms with Gasteiger partial charge in [0.05, 0.1) is 12.5 Å². The number of methoxy groups -OCH3 is 1. The van der Waals surface area contributed by atoms with Crippen molar-refractivity contribution >= 4 is 5.97 Å². The molecule has 3 heteroatoms. The van der Waals surface area contributed by atoms with Crippen LogP contribution in [0.1, 0.15) is 51.2 Å². The van der Waals surface area contributed by atoms with Gasteiger partial charge in [-0.1, -0.05) is 26.0 Å². The van der Waals surface area contributed by atoms with E-state index in [4.69, 9.17) is 9.84 Å². The zero-order valence-electron chi connectivity index (χ0n) is 12.5. The van der Waals surface area contributed by atoms with Crippen LogP contribution in [0.5, 0.6) is 5.75 Å². The predicted octanol–water partition coefficient (Wildman–Crippen LogP) is 3.86. The summed E-state index contributed by atoms with van der Waals surface area (Å²) in [4.78, 5) is 11.1. The first kappa shape index (κ1) is 15.5. The molecule has 0 aliphatic rings. The average Bonchev–Trinajstić information content (AvgIpc) is 2.35. The maximum Gasteiger partial charge on any atom is 0.309 e. The Morgan fingerprint density at radius 1 is 1.37 bits per heavy atom. The van der Waals surface area contributed by atoms with Crippen LogP contribution in [0.4, 0.5) is 0 Å². The molecule has 3 nitrogen and oxygen atoms in total. The van der Waals surface area contributed by atoms with E-state index in [1.54, 1.807) is 21.0 Å². The number of hydrogen-bond acceptors (Lipinski definition) is 2. The van der Waals surface area contributed by atoms with Crippen LogP contribution in [0.25, 0.3) is 0 Å². The molecule has 19 heavy (non-hydrogen) atoms. The monoisotopic (exact) mass is 264 g/mol. The van der Waals surface area contributed by atoms with Crippen LogP contribution in [0.3, 0.4) is 0 Å². The minimum absolute atomic E-state index is 0.456. The fourth-order valence-corrected chi connectivity index (χ4v) is 1.91. The minimum Gasteiger partial charge on any atom is -0.496 e. The van der Waals surface area contributed by atoms with Gasteiger partial charge in [0.15, 0.2) is 0 Å². The highest BCUT2D eigenvalue weighted by molar-refractivity contribution is 5.73. The maximum absolute atomic E-state index is 11.1. The molecule has 1 aromatic carbocycles. The molecule has 1 N–H and O–H groups in total. The summed E-state index contributed by atoms with van der Waals surface area (Å²) in [6.07, 6.45) is 1.31. The summed E-state index contributed by atoms with van der Waals surface area (Å²) < 4.78 is 5.36. The SMILES string of the molecule is COc1ccc(C(C)C)cc1CCC(C)(C)C(=O)O. The molecule has 0 heterocycles. The minimum atomic E-state index is -0.758. The molecule has 0 fully saturated rings. The molecule has 0 aliphatic carbocycles. The lowest BCUT2D eigenvalue weighted by Crippen LogP contribution is -2.24. The Balaban J connectivity index is 2.92. The standard InChI is InChI=1S/C16H24O3/c1-11(2)12-6-7-14(19-5)13(10-12)8-9-16(3,4)15(17)18/h6-7,10-11H,8-9H2,1-5H3,(H,17,18). The molecule has 106 valence electrons. The third-order valence-corrected chi connectivity index (χ3v) is 3.57. The van der Waals surface area contributed by atoms with E-state index in [9.17, 15) is 4.79 Å². The Labute approximate surface area is 115 Å². The third-order valence-electron chi connectivity index (χ3n) is 3.57. The number of aliphatic carboxylic acids is 1. The number of carbonyl (C=O) groups is 1. The van der Waals surface area contributed by atoms with Crippen LogP contribution in [0.2, 0.25) is 0 Å². The number of carboxylic acid groups (broad SMARTS) is 1. The second kappa shape index (κ2) is 6.09. The Hall–Kier alpha value is -1.51. The lowest BCUT2D eigenvalue weighted by molar-refractivity contribution is -0.147. The largest absolute Gasteiger partial charge is 0.496 e. The second-order valence-electron chi connectivity index (χ2n) is 5.92. The number of carboxylic acids is 1. The van der Waals surface area contributed by atoms with E-state index >= 15 is 0 Å². The van der Waals surface area contributed by atoms with Gasteiger partial charge in [0.25, 0.3) is 0 Å². The highest BCUT2D eigenvalue weighted by atomic mass is 16.5. The molecule has 0 radical (unpaired) electrons. The number of benzene rings is 1. The third kappa shape index (κ3) is 3.98. The van der Waals surface area contributed by atoms with Gasteiger partial charge in [-0.2, -0.15) is 0 Å². The first-order chi connectivity index (χ1) is 8.77. The van der Waals surface area contributed by atoms with Gasteiger partial charge < -0.3 is 9.84 Å². The van der Waals surface area contributed by atoms with Crippen LogP contribution in [0, 0.1) is 5.41 Å². The summed E-state index contributed by atoms with van der Waals surface area (Å²) in [7, 11) is 1.65. The molecule has 1 rings (SSSR count). The molecule has 1 aromatic rings. The molecule has 0 saturated heterocycles. The van der Waals surface area contributed by atoms with E-state index in [-0.39, 0.29) is 0 Å². The van der Waals surface area contributed by atoms with E-state index in [1.807, 2.05) is 6.07 Å². The van der Waals surface area contributed by atoms with Gasteiger partial charge in [-0.25, -0.2) is 0 Å². The molecule has 0 spiro atoms. The maximum atomic E-state index is 11.1. The van der Waals surface area contributed by atoms with E-state index in [0.717, 1.165) is 11.3 Å². The normalized spacial score (nSPS) is 11.7. The average molecular weight is 264 g/mol. The van der Waals surface area contributed by atoms with E-state index in [0.29, 0.717) is 18.8 Å². The molecule has 0 unspecified atom stereocenters. The number of ether oxygens (including phenoxy) is 1. The van der Waals surface area contributed by atoms with Crippen molar-refractivity contribution in [2.24, 2.45) is 5.41 Å². The molecule has 0 amide bonds. The van der Waals surface area contributed by atoms with E-state index in [2.05, 4.69) is 26.0 Å². The predicted molar refractivity (Wildman–Crippen MR) is 76.8 cm³/mol. The Morgan fingerprint density at radius 2 is 2.00 bits per heavy atom. The molecular formula is C16H24O3. The van der Waals surface area contributed by atoms with Crippen molar-refractivity contribution in [3.05, 3.63) is 29.3 Å². The number of rotatable bonds is 6. The summed E-state index contributed by atoms with van der Waals surface area (Å²) in [5.74, 6) is 0.536. The van der Waals surface area contributed by atoms with Crippen LogP contribution >= 0.6 is 0 Å². The van der Waals surface area contributed by atoms with Crippen LogP contribution < -0.4 is 4.74 Å². The summed E-state index contributed by atoms with van der Waals surface area (Å²) in [6.45, 7) is 7.81. The van der Waals surface area contributed by atoms with Gasteiger partial charge in [-0.05, 0) is 49.8 Å². The Kier molecular flexibility index (Phi) is 4.98. The zero-order chi connectivity index (χ0) is 14.6. The fourth-order valence-electron chi connectivity index (χ4n) is 1.91. The van der Waals surface area contributed by atoms with Gasteiger partial charge in [-0.3, -0.25) is 4.79 Å². The molecule has 0 saturated carbocycles. The molecule has 0 bridgehead atoms. The Morgan fingerprint density at radius 3 is 2.47 bits per heavy atom. The summed E-state index contributed by atoms with van der Waals surface area (Å²) in [5.41, 5.74) is 1.63. The van der Waals surface area contributed by atoms with Crippen molar-refractivity contribution in [3.63, 3.8) is 0 Å². The quantitative estimate of drug-likeness (QED) is 0.848. The van der Waals surface area contributed by atoms with Crippen LogP contribution in [-0.2, 0) is 11.2 Å². The smallest absolute Gasteiger partial charge is 0.309 e. The van der Waals surface area contributed by atoms with Crippen LogP contribution in [0.15, 0.2) is 18.2 Å². The lowest BCUT2D eigenvalue weighted by atomic mass is 9.85. The van der Waals surface area contributed by atoms with Gasteiger partial charge in [0.2, 0.25) is 0 Å². The van der Waals surface area contributed by atoms with Crippen molar-refractivity contribution in [1.82, 2.24) is 0 Å². The number of aryl methyl sites for hydroxylation is 1. The first-order valence-electron chi connectivity index (χ1n) is 6.68. The number of hydrogen-bond donors (Lipinski definition) is 1. The van der Waals surface area contributed by atoms with Gasteiger partial charge in [0, 0.05) is 0 Å². The second-order valence-corrected chi connectivity index (χ2v) is 5.92. The summed E-state index contributed by atoms with van der Waals surface area (Å²) in [6, 6.07) is 6.16. The van der Waals surface area contributed by atoms with Crippen LogP contribution in [-0.4, -0.2) is 18.2 Å². The summed E-state index contributed by atoms with van der Waals surface area (Å²) >= 11 is 0. The van der Waals surface area contributed by atoms with E-state index < -0.39 is 11.4 Å². The topological polar surface area (TPSA) is 46.5 Å². The summed E-state index contributed by atoms with van der Waals surface area (Å²) in [5, 5.41) is 9.16. The fraction of sp³-hybridized carbons (Fsp3) is 0.562. The van der Waals surface area contributed by atoms with Gasteiger partial charge >= 0.3 is 5.97 Å².